The number of carboxylic acids is 1. The van der Waals surface area contributed by atoms with Crippen molar-refractivity contribution in [3.05, 3.63) is 23.8 Å². The molecule has 0 saturated carbocycles. The molecule has 0 bridgehead atoms. The number of nitrogens with zero attached hydrogens (tertiary/aromatic N) is 1. The maximum absolute atomic E-state index is 11.6. The van der Waals surface area contributed by atoms with Crippen molar-refractivity contribution in [1.82, 2.24) is 0 Å². The standard InChI is InChI=1S/C15H23NO2S/c1-6-15(3,4)16(5)11-9-8-10-12(19-7-2)13(11)14(17)18/h8-10H,6-7H2,1-5H3,(H,17,18). The van der Waals surface area contributed by atoms with Gasteiger partial charge in [-0.3, -0.25) is 0 Å². The van der Waals surface area contributed by atoms with Gasteiger partial charge in [0.1, 0.15) is 0 Å². The quantitative estimate of drug-likeness (QED) is 0.796. The van der Waals surface area contributed by atoms with Crippen molar-refractivity contribution in [3.8, 4) is 0 Å². The van der Waals surface area contributed by atoms with Gasteiger partial charge in [0.25, 0.3) is 0 Å². The molecule has 1 N–H and O–H groups in total. The maximum atomic E-state index is 11.6. The van der Waals surface area contributed by atoms with Crippen LogP contribution in [0, 0.1) is 0 Å². The van der Waals surface area contributed by atoms with Gasteiger partial charge in [0.15, 0.2) is 0 Å². The summed E-state index contributed by atoms with van der Waals surface area (Å²) in [7, 11) is 1.96. The summed E-state index contributed by atoms with van der Waals surface area (Å²) in [4.78, 5) is 14.5. The molecular weight excluding hydrogens is 258 g/mol. The fraction of sp³-hybridized carbons (Fsp3) is 0.533. The van der Waals surface area contributed by atoms with E-state index in [0.717, 1.165) is 22.8 Å². The highest BCUT2D eigenvalue weighted by molar-refractivity contribution is 7.99. The molecule has 0 radical (unpaired) electrons. The predicted octanol–water partition coefficient (Wildman–Crippen LogP) is 4.12. The second-order valence-corrected chi connectivity index (χ2v) is 6.42. The molecule has 0 saturated heterocycles. The van der Waals surface area contributed by atoms with Crippen molar-refractivity contribution in [2.24, 2.45) is 0 Å². The van der Waals surface area contributed by atoms with Crippen LogP contribution in [0.15, 0.2) is 23.1 Å². The van der Waals surface area contributed by atoms with Gasteiger partial charge in [0.2, 0.25) is 0 Å². The van der Waals surface area contributed by atoms with Crippen molar-refractivity contribution in [2.45, 2.75) is 44.6 Å². The Morgan fingerprint density at radius 3 is 2.47 bits per heavy atom. The molecule has 3 nitrogen and oxygen atoms in total. The summed E-state index contributed by atoms with van der Waals surface area (Å²) in [6, 6.07) is 5.70. The van der Waals surface area contributed by atoms with E-state index in [4.69, 9.17) is 0 Å². The third-order valence-electron chi connectivity index (χ3n) is 3.65. The van der Waals surface area contributed by atoms with Gasteiger partial charge in [-0.05, 0) is 38.2 Å². The van der Waals surface area contributed by atoms with E-state index in [1.807, 2.05) is 32.2 Å². The van der Waals surface area contributed by atoms with Crippen molar-refractivity contribution in [3.63, 3.8) is 0 Å². The summed E-state index contributed by atoms with van der Waals surface area (Å²) in [5, 5.41) is 9.52. The summed E-state index contributed by atoms with van der Waals surface area (Å²) in [6.45, 7) is 8.39. The first-order chi connectivity index (χ1) is 8.85. The first-order valence-corrected chi connectivity index (χ1v) is 7.56. The smallest absolute Gasteiger partial charge is 0.338 e. The van der Waals surface area contributed by atoms with Gasteiger partial charge in [0, 0.05) is 17.5 Å². The molecule has 0 aromatic heterocycles. The lowest BCUT2D eigenvalue weighted by Gasteiger charge is -2.37. The van der Waals surface area contributed by atoms with E-state index in [0.29, 0.717) is 5.56 Å². The fourth-order valence-corrected chi connectivity index (χ4v) is 2.68. The lowest BCUT2D eigenvalue weighted by molar-refractivity contribution is 0.0693. The van der Waals surface area contributed by atoms with Gasteiger partial charge in [-0.15, -0.1) is 11.8 Å². The minimum absolute atomic E-state index is 0.0697. The highest BCUT2D eigenvalue weighted by Gasteiger charge is 2.26. The lowest BCUT2D eigenvalue weighted by Crippen LogP contribution is -2.41. The average Bonchev–Trinajstić information content (AvgIpc) is 2.37. The molecule has 0 aliphatic rings. The van der Waals surface area contributed by atoms with Crippen molar-refractivity contribution in [1.29, 1.82) is 0 Å². The predicted molar refractivity (Wildman–Crippen MR) is 82.6 cm³/mol. The molecule has 0 amide bonds. The van der Waals surface area contributed by atoms with E-state index in [9.17, 15) is 9.90 Å². The van der Waals surface area contributed by atoms with Crippen molar-refractivity contribution in [2.75, 3.05) is 17.7 Å². The monoisotopic (exact) mass is 281 g/mol. The number of aromatic carboxylic acids is 1. The zero-order chi connectivity index (χ0) is 14.6. The Morgan fingerprint density at radius 1 is 1.37 bits per heavy atom. The zero-order valence-corrected chi connectivity index (χ0v) is 13.2. The summed E-state index contributed by atoms with van der Waals surface area (Å²) in [5.74, 6) is 0.00949. The lowest BCUT2D eigenvalue weighted by atomic mass is 9.98. The van der Waals surface area contributed by atoms with Gasteiger partial charge in [0.05, 0.1) is 11.3 Å². The Morgan fingerprint density at radius 2 is 2.00 bits per heavy atom. The molecule has 4 heteroatoms. The van der Waals surface area contributed by atoms with Crippen LogP contribution in [0.2, 0.25) is 0 Å². The Hall–Kier alpha value is -1.16. The molecular formula is C15H23NO2S. The summed E-state index contributed by atoms with van der Waals surface area (Å²) in [5.41, 5.74) is 1.14. The number of hydrogen-bond donors (Lipinski definition) is 1. The van der Waals surface area contributed by atoms with Crippen LogP contribution in [-0.4, -0.2) is 29.4 Å². The molecule has 1 aromatic rings. The molecule has 1 rings (SSSR count). The molecule has 0 unspecified atom stereocenters. The molecule has 0 atom stereocenters. The fourth-order valence-electron chi connectivity index (χ4n) is 1.85. The van der Waals surface area contributed by atoms with Crippen LogP contribution in [0.5, 0.6) is 0 Å². The SMILES string of the molecule is CCSc1cccc(N(C)C(C)(C)CC)c1C(=O)O. The Balaban J connectivity index is 3.35. The van der Waals surface area contributed by atoms with E-state index in [-0.39, 0.29) is 5.54 Å². The average molecular weight is 281 g/mol. The number of carbonyl (C=O) groups is 1. The van der Waals surface area contributed by atoms with Gasteiger partial charge >= 0.3 is 5.97 Å². The minimum Gasteiger partial charge on any atom is -0.478 e. The summed E-state index contributed by atoms with van der Waals surface area (Å²) in [6.07, 6.45) is 0.952. The van der Waals surface area contributed by atoms with Crippen LogP contribution in [-0.2, 0) is 0 Å². The molecule has 0 fully saturated rings. The second-order valence-electron chi connectivity index (χ2n) is 5.11. The van der Waals surface area contributed by atoms with Gasteiger partial charge in [-0.2, -0.15) is 0 Å². The minimum atomic E-state index is -0.856. The van der Waals surface area contributed by atoms with Gasteiger partial charge in [-0.25, -0.2) is 4.79 Å². The first kappa shape index (κ1) is 15.9. The Kier molecular flexibility index (Phi) is 5.29. The van der Waals surface area contributed by atoms with Gasteiger partial charge < -0.3 is 10.0 Å². The van der Waals surface area contributed by atoms with Crippen LogP contribution >= 0.6 is 11.8 Å². The highest BCUT2D eigenvalue weighted by atomic mass is 32.2. The van der Waals surface area contributed by atoms with Crippen LogP contribution in [0.4, 0.5) is 5.69 Å². The number of carboxylic acid groups (broad SMARTS) is 1. The van der Waals surface area contributed by atoms with Crippen LogP contribution in [0.3, 0.4) is 0 Å². The van der Waals surface area contributed by atoms with E-state index in [2.05, 4.69) is 25.7 Å². The number of anilines is 1. The van der Waals surface area contributed by atoms with Crippen LogP contribution in [0.1, 0.15) is 44.5 Å². The van der Waals surface area contributed by atoms with Crippen LogP contribution < -0.4 is 4.90 Å². The normalized spacial score (nSPS) is 11.4. The number of thioether (sulfide) groups is 1. The van der Waals surface area contributed by atoms with Crippen molar-refractivity contribution < 1.29 is 9.90 Å². The topological polar surface area (TPSA) is 40.5 Å². The van der Waals surface area contributed by atoms with Crippen LogP contribution in [0.25, 0.3) is 0 Å². The molecule has 0 aliphatic heterocycles. The van der Waals surface area contributed by atoms with Gasteiger partial charge in [-0.1, -0.05) is 19.9 Å². The third-order valence-corrected chi connectivity index (χ3v) is 4.59. The van der Waals surface area contributed by atoms with E-state index in [1.165, 1.54) is 0 Å². The summed E-state index contributed by atoms with van der Waals surface area (Å²) >= 11 is 1.57. The molecule has 106 valence electrons. The second kappa shape index (κ2) is 6.33. The number of benzene rings is 1. The molecule has 19 heavy (non-hydrogen) atoms. The highest BCUT2D eigenvalue weighted by Crippen LogP contribution is 2.34. The Bertz CT molecular complexity index is 457. The number of hydrogen-bond acceptors (Lipinski definition) is 3. The largest absolute Gasteiger partial charge is 0.478 e. The zero-order valence-electron chi connectivity index (χ0n) is 12.4. The molecule has 0 heterocycles. The maximum Gasteiger partial charge on any atom is 0.338 e. The number of rotatable bonds is 6. The molecule has 0 aliphatic carbocycles. The van der Waals surface area contributed by atoms with E-state index >= 15 is 0 Å². The van der Waals surface area contributed by atoms with E-state index in [1.54, 1.807) is 11.8 Å². The summed E-state index contributed by atoms with van der Waals surface area (Å²) < 4.78 is 0. The molecule has 1 aromatic carbocycles. The first-order valence-electron chi connectivity index (χ1n) is 6.58. The van der Waals surface area contributed by atoms with E-state index < -0.39 is 5.97 Å². The third kappa shape index (κ3) is 3.44. The van der Waals surface area contributed by atoms with Crippen molar-refractivity contribution >= 4 is 23.4 Å². The Labute approximate surface area is 120 Å². The molecule has 0 spiro atoms.